The van der Waals surface area contributed by atoms with E-state index in [1.165, 1.54) is 0 Å². The smallest absolute Gasteiger partial charge is 0.128 e. The van der Waals surface area contributed by atoms with Gasteiger partial charge in [-0.3, -0.25) is 0 Å². The molecule has 0 aliphatic heterocycles. The molecular weight excluding hydrogens is 250 g/mol. The van der Waals surface area contributed by atoms with Crippen molar-refractivity contribution in [2.75, 3.05) is 24.3 Å². The summed E-state index contributed by atoms with van der Waals surface area (Å²) in [5, 5.41) is 6.60. The van der Waals surface area contributed by atoms with E-state index in [0.717, 1.165) is 42.5 Å². The van der Waals surface area contributed by atoms with Crippen LogP contribution < -0.4 is 15.4 Å². The molecule has 0 saturated heterocycles. The van der Waals surface area contributed by atoms with Crippen LogP contribution in [0.5, 0.6) is 5.75 Å². The van der Waals surface area contributed by atoms with Crippen LogP contribution in [-0.4, -0.2) is 18.6 Å². The second kappa shape index (κ2) is 7.38. The summed E-state index contributed by atoms with van der Waals surface area (Å²) in [6.07, 6.45) is 1.09. The maximum Gasteiger partial charge on any atom is 0.128 e. The lowest BCUT2D eigenvalue weighted by Crippen LogP contribution is -2.05. The summed E-state index contributed by atoms with van der Waals surface area (Å²) in [4.78, 5) is 4.51. The Kier molecular flexibility index (Phi) is 5.24. The molecule has 1 aromatic carbocycles. The van der Waals surface area contributed by atoms with E-state index < -0.39 is 0 Å². The van der Waals surface area contributed by atoms with Crippen LogP contribution in [0.25, 0.3) is 0 Å². The number of benzene rings is 1. The maximum atomic E-state index is 5.22. The minimum Gasteiger partial charge on any atom is -0.497 e. The molecule has 0 fully saturated rings. The first-order chi connectivity index (χ1) is 9.81. The average molecular weight is 271 g/mol. The van der Waals surface area contributed by atoms with Gasteiger partial charge in [0.2, 0.25) is 0 Å². The predicted octanol–water partition coefficient (Wildman–Crippen LogP) is 3.52. The summed E-state index contributed by atoms with van der Waals surface area (Å²) in [5.74, 6) is 2.65. The molecule has 0 amide bonds. The molecule has 4 nitrogen and oxygen atoms in total. The fourth-order valence-corrected chi connectivity index (χ4v) is 1.86. The van der Waals surface area contributed by atoms with E-state index in [1.54, 1.807) is 7.11 Å². The maximum absolute atomic E-state index is 5.22. The Hall–Kier alpha value is -2.23. The fraction of sp³-hybridized carbons (Fsp3) is 0.312. The number of anilines is 2. The standard InChI is InChI=1S/C16H21N3O/c1-3-10-17-15-8-5-9-16(19-15)18-12-13-6-4-7-14(11-13)20-2/h4-9,11H,3,10,12H2,1-2H3,(H2,17,18,19). The molecule has 2 N–H and O–H groups in total. The topological polar surface area (TPSA) is 46.2 Å². The quantitative estimate of drug-likeness (QED) is 0.808. The Labute approximate surface area is 120 Å². The third-order valence-corrected chi connectivity index (χ3v) is 2.91. The van der Waals surface area contributed by atoms with Gasteiger partial charge in [0, 0.05) is 13.1 Å². The van der Waals surface area contributed by atoms with Crippen molar-refractivity contribution < 1.29 is 4.74 Å². The number of pyridine rings is 1. The van der Waals surface area contributed by atoms with Crippen molar-refractivity contribution in [3.63, 3.8) is 0 Å². The number of hydrogen-bond donors (Lipinski definition) is 2. The Morgan fingerprint density at radius 2 is 1.80 bits per heavy atom. The van der Waals surface area contributed by atoms with E-state index in [-0.39, 0.29) is 0 Å². The van der Waals surface area contributed by atoms with Crippen molar-refractivity contribution in [2.45, 2.75) is 19.9 Å². The van der Waals surface area contributed by atoms with Crippen molar-refractivity contribution in [3.8, 4) is 5.75 Å². The molecule has 1 aromatic heterocycles. The van der Waals surface area contributed by atoms with E-state index >= 15 is 0 Å². The van der Waals surface area contributed by atoms with Gasteiger partial charge in [-0.1, -0.05) is 25.1 Å². The van der Waals surface area contributed by atoms with Crippen molar-refractivity contribution in [3.05, 3.63) is 48.0 Å². The minimum atomic E-state index is 0.724. The van der Waals surface area contributed by atoms with Gasteiger partial charge in [-0.15, -0.1) is 0 Å². The number of nitrogens with one attached hydrogen (secondary N) is 2. The van der Waals surface area contributed by atoms with Crippen molar-refractivity contribution in [1.29, 1.82) is 0 Å². The molecule has 0 spiro atoms. The highest BCUT2D eigenvalue weighted by Gasteiger charge is 1.99. The first-order valence-corrected chi connectivity index (χ1v) is 6.89. The third kappa shape index (κ3) is 4.16. The highest BCUT2D eigenvalue weighted by Crippen LogP contribution is 2.15. The first kappa shape index (κ1) is 14.2. The Balaban J connectivity index is 1.95. The summed E-state index contributed by atoms with van der Waals surface area (Å²) in [6.45, 7) is 3.80. The zero-order chi connectivity index (χ0) is 14.2. The molecule has 106 valence electrons. The minimum absolute atomic E-state index is 0.724. The highest BCUT2D eigenvalue weighted by atomic mass is 16.5. The van der Waals surface area contributed by atoms with Gasteiger partial charge in [-0.05, 0) is 36.2 Å². The molecule has 0 radical (unpaired) electrons. The molecule has 0 saturated carbocycles. The zero-order valence-corrected chi connectivity index (χ0v) is 12.0. The molecule has 0 aliphatic carbocycles. The van der Waals surface area contributed by atoms with Crippen LogP contribution in [0, 0.1) is 0 Å². The number of hydrogen-bond acceptors (Lipinski definition) is 4. The van der Waals surface area contributed by atoms with E-state index in [1.807, 2.05) is 36.4 Å². The Morgan fingerprint density at radius 1 is 1.05 bits per heavy atom. The van der Waals surface area contributed by atoms with Gasteiger partial charge in [-0.2, -0.15) is 0 Å². The van der Waals surface area contributed by atoms with Crippen molar-refractivity contribution in [2.24, 2.45) is 0 Å². The molecule has 1 heterocycles. The molecular formula is C16H21N3O. The largest absolute Gasteiger partial charge is 0.497 e. The summed E-state index contributed by atoms with van der Waals surface area (Å²) >= 11 is 0. The van der Waals surface area contributed by atoms with Crippen LogP contribution in [0.1, 0.15) is 18.9 Å². The van der Waals surface area contributed by atoms with E-state index in [9.17, 15) is 0 Å². The first-order valence-electron chi connectivity index (χ1n) is 6.89. The fourth-order valence-electron chi connectivity index (χ4n) is 1.86. The van der Waals surface area contributed by atoms with E-state index in [2.05, 4.69) is 28.6 Å². The van der Waals surface area contributed by atoms with Crippen LogP contribution in [0.2, 0.25) is 0 Å². The predicted molar refractivity (Wildman–Crippen MR) is 83.3 cm³/mol. The van der Waals surface area contributed by atoms with E-state index in [4.69, 9.17) is 4.74 Å². The number of aromatic nitrogens is 1. The van der Waals surface area contributed by atoms with Gasteiger partial charge in [0.25, 0.3) is 0 Å². The lowest BCUT2D eigenvalue weighted by Gasteiger charge is -2.09. The second-order valence-corrected chi connectivity index (χ2v) is 4.54. The van der Waals surface area contributed by atoms with Crippen molar-refractivity contribution in [1.82, 2.24) is 4.98 Å². The van der Waals surface area contributed by atoms with Crippen LogP contribution in [-0.2, 0) is 6.54 Å². The van der Waals surface area contributed by atoms with Gasteiger partial charge in [-0.25, -0.2) is 4.98 Å². The summed E-state index contributed by atoms with van der Waals surface area (Å²) in [5.41, 5.74) is 1.16. The summed E-state index contributed by atoms with van der Waals surface area (Å²) < 4.78 is 5.22. The third-order valence-electron chi connectivity index (χ3n) is 2.91. The number of rotatable bonds is 7. The van der Waals surface area contributed by atoms with Crippen LogP contribution in [0.15, 0.2) is 42.5 Å². The van der Waals surface area contributed by atoms with Gasteiger partial charge >= 0.3 is 0 Å². The van der Waals surface area contributed by atoms with Crippen molar-refractivity contribution >= 4 is 11.6 Å². The van der Waals surface area contributed by atoms with Crippen LogP contribution in [0.3, 0.4) is 0 Å². The molecule has 0 unspecified atom stereocenters. The van der Waals surface area contributed by atoms with Gasteiger partial charge in [0.05, 0.1) is 7.11 Å². The van der Waals surface area contributed by atoms with Gasteiger partial charge in [0.15, 0.2) is 0 Å². The number of ether oxygens (including phenoxy) is 1. The van der Waals surface area contributed by atoms with Crippen LogP contribution >= 0.6 is 0 Å². The summed E-state index contributed by atoms with van der Waals surface area (Å²) in [6, 6.07) is 14.0. The second-order valence-electron chi connectivity index (χ2n) is 4.54. The molecule has 0 bridgehead atoms. The summed E-state index contributed by atoms with van der Waals surface area (Å²) in [7, 11) is 1.68. The molecule has 0 aliphatic rings. The molecule has 2 rings (SSSR count). The molecule has 20 heavy (non-hydrogen) atoms. The lowest BCUT2D eigenvalue weighted by molar-refractivity contribution is 0.414. The van der Waals surface area contributed by atoms with Gasteiger partial charge < -0.3 is 15.4 Å². The molecule has 0 atom stereocenters. The zero-order valence-electron chi connectivity index (χ0n) is 12.0. The van der Waals surface area contributed by atoms with Gasteiger partial charge in [0.1, 0.15) is 17.4 Å². The molecule has 2 aromatic rings. The SMILES string of the molecule is CCCNc1cccc(NCc2cccc(OC)c2)n1. The number of nitrogens with zero attached hydrogens (tertiary/aromatic N) is 1. The Bertz CT molecular complexity index is 543. The highest BCUT2D eigenvalue weighted by molar-refractivity contribution is 5.45. The Morgan fingerprint density at radius 3 is 2.55 bits per heavy atom. The monoisotopic (exact) mass is 271 g/mol. The van der Waals surface area contributed by atoms with E-state index in [0.29, 0.717) is 0 Å². The van der Waals surface area contributed by atoms with Crippen LogP contribution in [0.4, 0.5) is 11.6 Å². The normalized spacial score (nSPS) is 10.1. The lowest BCUT2D eigenvalue weighted by atomic mass is 10.2. The average Bonchev–Trinajstić information content (AvgIpc) is 2.51. The number of methoxy groups -OCH3 is 1. The molecule has 4 heteroatoms.